The van der Waals surface area contributed by atoms with E-state index in [1.165, 1.54) is 0 Å². The SMILES string of the molecule is Cc1cc(O)c2c(c1)[C@H]1[C@H](C(C)C)CC[C@@]1(C)C(=O)C2=O. The monoisotopic (exact) mass is 286 g/mol. The molecule has 0 heterocycles. The number of carbonyl (C=O) groups is 2. The molecule has 1 fully saturated rings. The molecule has 0 unspecified atom stereocenters. The van der Waals surface area contributed by atoms with Gasteiger partial charge in [0.15, 0.2) is 0 Å². The molecule has 0 aliphatic heterocycles. The standard InChI is InChI=1S/C18H22O3/c1-9(2)11-5-6-18(4)15(11)12-7-10(3)8-13(19)14(12)16(20)17(18)21/h7-9,11,15,19H,5-6H2,1-4H3/t11-,15+,18+/m0/s1. The Morgan fingerprint density at radius 3 is 2.57 bits per heavy atom. The van der Waals surface area contributed by atoms with Gasteiger partial charge in [-0.05, 0) is 48.8 Å². The molecular formula is C18H22O3. The first kappa shape index (κ1) is 14.3. The summed E-state index contributed by atoms with van der Waals surface area (Å²) in [5, 5.41) is 10.2. The average molecular weight is 286 g/mol. The maximum atomic E-state index is 12.6. The molecule has 0 radical (unpaired) electrons. The maximum absolute atomic E-state index is 12.6. The van der Waals surface area contributed by atoms with Crippen LogP contribution in [-0.4, -0.2) is 16.7 Å². The zero-order chi connectivity index (χ0) is 15.5. The molecule has 1 N–H and O–H groups in total. The van der Waals surface area contributed by atoms with Crippen LogP contribution >= 0.6 is 0 Å². The Morgan fingerprint density at radius 2 is 1.95 bits per heavy atom. The second-order valence-electron chi connectivity index (χ2n) is 7.25. The number of ketones is 2. The van der Waals surface area contributed by atoms with Crippen molar-refractivity contribution in [1.29, 1.82) is 0 Å². The van der Waals surface area contributed by atoms with Crippen LogP contribution < -0.4 is 0 Å². The first-order chi connectivity index (χ1) is 9.77. The molecular weight excluding hydrogens is 264 g/mol. The Bertz CT molecular complexity index is 644. The minimum atomic E-state index is -0.598. The van der Waals surface area contributed by atoms with Crippen LogP contribution in [0.4, 0.5) is 0 Å². The molecule has 112 valence electrons. The van der Waals surface area contributed by atoms with Gasteiger partial charge in [-0.15, -0.1) is 0 Å². The molecule has 1 aromatic rings. The molecule has 2 aliphatic rings. The normalized spacial score (nSPS) is 31.5. The van der Waals surface area contributed by atoms with E-state index in [2.05, 4.69) is 13.8 Å². The largest absolute Gasteiger partial charge is 0.507 e. The Kier molecular flexibility index (Phi) is 3.01. The van der Waals surface area contributed by atoms with Crippen LogP contribution in [-0.2, 0) is 4.79 Å². The van der Waals surface area contributed by atoms with Gasteiger partial charge in [-0.25, -0.2) is 0 Å². The minimum Gasteiger partial charge on any atom is -0.507 e. The van der Waals surface area contributed by atoms with Crippen LogP contribution in [0.2, 0.25) is 0 Å². The van der Waals surface area contributed by atoms with Gasteiger partial charge >= 0.3 is 0 Å². The molecule has 1 saturated carbocycles. The highest BCUT2D eigenvalue weighted by molar-refractivity contribution is 6.47. The number of phenolic OH excluding ortho intramolecular Hbond substituents is 1. The number of hydrogen-bond donors (Lipinski definition) is 1. The van der Waals surface area contributed by atoms with Gasteiger partial charge in [0.05, 0.1) is 5.56 Å². The van der Waals surface area contributed by atoms with Crippen molar-refractivity contribution < 1.29 is 14.7 Å². The fourth-order valence-corrected chi connectivity index (χ4v) is 4.47. The van der Waals surface area contributed by atoms with Gasteiger partial charge in [-0.1, -0.05) is 26.8 Å². The van der Waals surface area contributed by atoms with E-state index < -0.39 is 11.2 Å². The summed E-state index contributed by atoms with van der Waals surface area (Å²) < 4.78 is 0. The molecule has 0 aromatic heterocycles. The van der Waals surface area contributed by atoms with Crippen molar-refractivity contribution in [3.8, 4) is 5.75 Å². The van der Waals surface area contributed by atoms with Gasteiger partial charge in [-0.3, -0.25) is 9.59 Å². The highest BCUT2D eigenvalue weighted by Gasteiger charge is 2.57. The second kappa shape index (κ2) is 4.43. The van der Waals surface area contributed by atoms with Crippen LogP contribution in [0.25, 0.3) is 0 Å². The van der Waals surface area contributed by atoms with Gasteiger partial charge < -0.3 is 5.11 Å². The zero-order valence-electron chi connectivity index (χ0n) is 13.1. The van der Waals surface area contributed by atoms with E-state index in [1.807, 2.05) is 19.9 Å². The quantitative estimate of drug-likeness (QED) is 0.802. The number of aryl methyl sites for hydroxylation is 1. The Balaban J connectivity index is 2.29. The lowest BCUT2D eigenvalue weighted by atomic mass is 9.62. The van der Waals surface area contributed by atoms with Gasteiger partial charge in [0.1, 0.15) is 5.75 Å². The fourth-order valence-electron chi connectivity index (χ4n) is 4.47. The van der Waals surface area contributed by atoms with Crippen LogP contribution in [0, 0.1) is 24.2 Å². The summed E-state index contributed by atoms with van der Waals surface area (Å²) >= 11 is 0. The number of Topliss-reactive ketones (excluding diaryl/α,β-unsaturated/α-hetero) is 2. The summed E-state index contributed by atoms with van der Waals surface area (Å²) in [4.78, 5) is 25.1. The fraction of sp³-hybridized carbons (Fsp3) is 0.556. The van der Waals surface area contributed by atoms with E-state index in [9.17, 15) is 14.7 Å². The first-order valence-electron chi connectivity index (χ1n) is 7.70. The summed E-state index contributed by atoms with van der Waals surface area (Å²) in [6.07, 6.45) is 1.73. The second-order valence-corrected chi connectivity index (χ2v) is 7.25. The molecule has 0 spiro atoms. The Labute approximate surface area is 125 Å². The van der Waals surface area contributed by atoms with Crippen LogP contribution in [0.1, 0.15) is 61.0 Å². The lowest BCUT2D eigenvalue weighted by molar-refractivity contribution is -0.124. The molecule has 3 heteroatoms. The molecule has 21 heavy (non-hydrogen) atoms. The van der Waals surface area contributed by atoms with E-state index in [0.29, 0.717) is 11.8 Å². The van der Waals surface area contributed by atoms with Crippen LogP contribution in [0.15, 0.2) is 12.1 Å². The predicted molar refractivity (Wildman–Crippen MR) is 80.6 cm³/mol. The summed E-state index contributed by atoms with van der Waals surface area (Å²) in [5.41, 5.74) is 1.47. The van der Waals surface area contributed by atoms with Crippen LogP contribution in [0.3, 0.4) is 0 Å². The molecule has 2 aliphatic carbocycles. The lowest BCUT2D eigenvalue weighted by Crippen LogP contribution is -2.43. The predicted octanol–water partition coefficient (Wildman–Crippen LogP) is 3.62. The summed E-state index contributed by atoms with van der Waals surface area (Å²) in [5.74, 6) is 0.0107. The van der Waals surface area contributed by atoms with Crippen molar-refractivity contribution in [3.05, 3.63) is 28.8 Å². The van der Waals surface area contributed by atoms with Crippen molar-refractivity contribution in [2.75, 3.05) is 0 Å². The third kappa shape index (κ3) is 1.79. The zero-order valence-corrected chi connectivity index (χ0v) is 13.1. The van der Waals surface area contributed by atoms with E-state index in [0.717, 1.165) is 24.0 Å². The van der Waals surface area contributed by atoms with Crippen LogP contribution in [0.5, 0.6) is 5.75 Å². The van der Waals surface area contributed by atoms with Gasteiger partial charge in [0, 0.05) is 11.3 Å². The summed E-state index contributed by atoms with van der Waals surface area (Å²) in [6, 6.07) is 3.56. The summed E-state index contributed by atoms with van der Waals surface area (Å²) in [7, 11) is 0. The van der Waals surface area contributed by atoms with Crippen molar-refractivity contribution in [2.45, 2.75) is 46.5 Å². The van der Waals surface area contributed by atoms with Crippen molar-refractivity contribution in [2.24, 2.45) is 17.3 Å². The van der Waals surface area contributed by atoms with Gasteiger partial charge in [0.25, 0.3) is 0 Å². The smallest absolute Gasteiger partial charge is 0.233 e. The lowest BCUT2D eigenvalue weighted by Gasteiger charge is -2.39. The number of hydrogen-bond acceptors (Lipinski definition) is 3. The number of fused-ring (bicyclic) bond motifs is 3. The Hall–Kier alpha value is -1.64. The number of aromatic hydroxyl groups is 1. The Morgan fingerprint density at radius 1 is 1.29 bits per heavy atom. The average Bonchev–Trinajstić information content (AvgIpc) is 2.74. The molecule has 3 rings (SSSR count). The number of rotatable bonds is 1. The highest BCUT2D eigenvalue weighted by Crippen LogP contribution is 2.59. The van der Waals surface area contributed by atoms with E-state index in [4.69, 9.17) is 0 Å². The van der Waals surface area contributed by atoms with Gasteiger partial charge in [-0.2, -0.15) is 0 Å². The third-order valence-corrected chi connectivity index (χ3v) is 5.55. The van der Waals surface area contributed by atoms with Crippen molar-refractivity contribution in [1.82, 2.24) is 0 Å². The summed E-state index contributed by atoms with van der Waals surface area (Å²) in [6.45, 7) is 8.19. The first-order valence-corrected chi connectivity index (χ1v) is 7.70. The maximum Gasteiger partial charge on any atom is 0.233 e. The molecule has 0 bridgehead atoms. The molecule has 0 saturated heterocycles. The topological polar surface area (TPSA) is 54.4 Å². The van der Waals surface area contributed by atoms with E-state index in [-0.39, 0.29) is 23.0 Å². The number of benzene rings is 1. The van der Waals surface area contributed by atoms with Gasteiger partial charge in [0.2, 0.25) is 11.6 Å². The number of phenols is 1. The minimum absolute atomic E-state index is 0.0418. The molecule has 3 atom stereocenters. The molecule has 0 amide bonds. The van der Waals surface area contributed by atoms with E-state index >= 15 is 0 Å². The number of carbonyl (C=O) groups excluding carboxylic acids is 2. The highest BCUT2D eigenvalue weighted by atomic mass is 16.3. The van der Waals surface area contributed by atoms with Crippen molar-refractivity contribution >= 4 is 11.6 Å². The van der Waals surface area contributed by atoms with Crippen molar-refractivity contribution in [3.63, 3.8) is 0 Å². The van der Waals surface area contributed by atoms with E-state index in [1.54, 1.807) is 6.07 Å². The molecule has 1 aromatic carbocycles. The third-order valence-electron chi connectivity index (χ3n) is 5.55. The molecule has 3 nitrogen and oxygen atoms in total.